The number of nitrogens with zero attached hydrogens (tertiary/aromatic N) is 1. The van der Waals surface area contributed by atoms with Gasteiger partial charge in [-0.1, -0.05) is 48.5 Å². The number of ether oxygens (including phenoxy) is 3. The Kier molecular flexibility index (Phi) is 8.69. The molecule has 1 fully saturated rings. The van der Waals surface area contributed by atoms with Crippen molar-refractivity contribution >= 4 is 29.0 Å². The van der Waals surface area contributed by atoms with Crippen LogP contribution in [0.4, 0.5) is 4.79 Å². The van der Waals surface area contributed by atoms with Crippen LogP contribution >= 0.6 is 11.8 Å². The Balaban J connectivity index is 1.49. The standard InChI is InChI=1S/C30H29NO5S/c1-4-9-24-17-23(18-26(34-3)28(24)36-20-22-11-6-5-7-12-22)19-27-29(32)31(30(33)37-27)14-15-35-25-13-8-10-21(2)16-25/h4-8,10-13,16-19H,1,9,14-15,20H2,2-3H3/b27-19-. The SMILES string of the molecule is C=CCc1cc(/C=C2\SC(=O)N(CCOc3cccc(C)c3)C2=O)cc(OC)c1OCc1ccccc1. The van der Waals surface area contributed by atoms with Crippen molar-refractivity contribution < 1.29 is 23.8 Å². The van der Waals surface area contributed by atoms with Gasteiger partial charge in [0.15, 0.2) is 11.5 Å². The van der Waals surface area contributed by atoms with E-state index < -0.39 is 0 Å². The molecule has 0 aromatic heterocycles. The number of hydrogen-bond acceptors (Lipinski definition) is 6. The van der Waals surface area contributed by atoms with Crippen LogP contribution in [0.3, 0.4) is 0 Å². The predicted molar refractivity (Wildman–Crippen MR) is 147 cm³/mol. The van der Waals surface area contributed by atoms with E-state index in [1.54, 1.807) is 19.3 Å². The quantitative estimate of drug-likeness (QED) is 0.217. The van der Waals surface area contributed by atoms with Crippen molar-refractivity contribution in [3.05, 3.63) is 107 Å². The average Bonchev–Trinajstić information content (AvgIpc) is 3.16. The topological polar surface area (TPSA) is 65.1 Å². The van der Waals surface area contributed by atoms with Crippen LogP contribution in [0.5, 0.6) is 17.2 Å². The highest BCUT2D eigenvalue weighted by Gasteiger charge is 2.35. The average molecular weight is 516 g/mol. The van der Waals surface area contributed by atoms with Gasteiger partial charge in [0, 0.05) is 5.56 Å². The van der Waals surface area contributed by atoms with Gasteiger partial charge in [0.2, 0.25) is 0 Å². The summed E-state index contributed by atoms with van der Waals surface area (Å²) in [6.07, 6.45) is 4.05. The summed E-state index contributed by atoms with van der Waals surface area (Å²) in [6, 6.07) is 21.3. The van der Waals surface area contributed by atoms with Gasteiger partial charge in [0.25, 0.3) is 11.1 Å². The summed E-state index contributed by atoms with van der Waals surface area (Å²) in [5.74, 6) is 1.55. The third-order valence-corrected chi connectivity index (χ3v) is 6.62. The minimum Gasteiger partial charge on any atom is -0.493 e. The molecule has 1 aliphatic heterocycles. The molecular formula is C30H29NO5S. The second-order valence-corrected chi connectivity index (χ2v) is 9.47. The van der Waals surface area contributed by atoms with Gasteiger partial charge < -0.3 is 14.2 Å². The van der Waals surface area contributed by atoms with Crippen LogP contribution in [-0.4, -0.2) is 36.3 Å². The molecule has 0 unspecified atom stereocenters. The van der Waals surface area contributed by atoms with E-state index in [2.05, 4.69) is 6.58 Å². The maximum absolute atomic E-state index is 13.0. The van der Waals surface area contributed by atoms with Gasteiger partial charge in [0.1, 0.15) is 19.0 Å². The Labute approximate surface area is 221 Å². The number of imide groups is 1. The Morgan fingerprint density at radius 1 is 1.00 bits per heavy atom. The molecule has 0 N–H and O–H groups in total. The Morgan fingerprint density at radius 3 is 2.54 bits per heavy atom. The summed E-state index contributed by atoms with van der Waals surface area (Å²) >= 11 is 0.920. The largest absolute Gasteiger partial charge is 0.493 e. The lowest BCUT2D eigenvalue weighted by Crippen LogP contribution is -2.32. The lowest BCUT2D eigenvalue weighted by atomic mass is 10.0. The maximum atomic E-state index is 13.0. The molecule has 0 radical (unpaired) electrons. The number of aryl methyl sites for hydroxylation is 1. The zero-order valence-electron chi connectivity index (χ0n) is 20.9. The van der Waals surface area contributed by atoms with E-state index in [1.165, 1.54) is 4.90 Å². The van der Waals surface area contributed by atoms with E-state index in [1.807, 2.05) is 73.7 Å². The molecular weight excluding hydrogens is 486 g/mol. The number of rotatable bonds is 11. The molecule has 0 saturated carbocycles. The maximum Gasteiger partial charge on any atom is 0.293 e. The molecule has 0 atom stereocenters. The molecule has 2 amide bonds. The smallest absolute Gasteiger partial charge is 0.293 e. The predicted octanol–water partition coefficient (Wildman–Crippen LogP) is 6.43. The molecule has 1 aliphatic rings. The highest BCUT2D eigenvalue weighted by molar-refractivity contribution is 8.18. The normalized spacial score (nSPS) is 14.2. The van der Waals surface area contributed by atoms with E-state index in [4.69, 9.17) is 14.2 Å². The lowest BCUT2D eigenvalue weighted by Gasteiger charge is -2.16. The van der Waals surface area contributed by atoms with E-state index >= 15 is 0 Å². The van der Waals surface area contributed by atoms with Crippen LogP contribution in [0.2, 0.25) is 0 Å². The fraction of sp³-hybridized carbons (Fsp3) is 0.200. The van der Waals surface area contributed by atoms with Gasteiger partial charge in [0.05, 0.1) is 18.6 Å². The minimum atomic E-state index is -0.337. The highest BCUT2D eigenvalue weighted by atomic mass is 32.2. The lowest BCUT2D eigenvalue weighted by molar-refractivity contribution is -0.123. The van der Waals surface area contributed by atoms with E-state index in [0.717, 1.165) is 34.0 Å². The van der Waals surface area contributed by atoms with Crippen molar-refractivity contribution in [3.63, 3.8) is 0 Å². The third-order valence-electron chi connectivity index (χ3n) is 5.71. The van der Waals surface area contributed by atoms with Crippen molar-refractivity contribution in [2.24, 2.45) is 0 Å². The molecule has 1 heterocycles. The van der Waals surface area contributed by atoms with Gasteiger partial charge in [-0.05, 0) is 72.1 Å². The Morgan fingerprint density at radius 2 is 1.81 bits per heavy atom. The van der Waals surface area contributed by atoms with Crippen LogP contribution in [-0.2, 0) is 17.8 Å². The van der Waals surface area contributed by atoms with Crippen LogP contribution in [0.1, 0.15) is 22.3 Å². The van der Waals surface area contributed by atoms with Crippen LogP contribution in [0.15, 0.2) is 84.3 Å². The van der Waals surface area contributed by atoms with Crippen molar-refractivity contribution in [3.8, 4) is 17.2 Å². The van der Waals surface area contributed by atoms with E-state index in [9.17, 15) is 9.59 Å². The van der Waals surface area contributed by atoms with Crippen LogP contribution in [0.25, 0.3) is 6.08 Å². The fourth-order valence-electron chi connectivity index (χ4n) is 3.92. The molecule has 4 rings (SSSR count). The van der Waals surface area contributed by atoms with Crippen molar-refractivity contribution in [2.45, 2.75) is 20.0 Å². The van der Waals surface area contributed by atoms with Gasteiger partial charge >= 0.3 is 0 Å². The Hall–Kier alpha value is -3.97. The summed E-state index contributed by atoms with van der Waals surface area (Å²) in [7, 11) is 1.58. The molecule has 0 spiro atoms. The fourth-order valence-corrected chi connectivity index (χ4v) is 4.79. The van der Waals surface area contributed by atoms with Crippen LogP contribution in [0, 0.1) is 6.92 Å². The molecule has 6 nitrogen and oxygen atoms in total. The monoisotopic (exact) mass is 515 g/mol. The molecule has 7 heteroatoms. The van der Waals surface area contributed by atoms with Gasteiger partial charge in [-0.15, -0.1) is 6.58 Å². The van der Waals surface area contributed by atoms with E-state index in [0.29, 0.717) is 35.2 Å². The molecule has 3 aromatic carbocycles. The Bertz CT molecular complexity index is 1320. The molecule has 3 aromatic rings. The number of hydrogen-bond donors (Lipinski definition) is 0. The van der Waals surface area contributed by atoms with Crippen LogP contribution < -0.4 is 14.2 Å². The third kappa shape index (κ3) is 6.62. The molecule has 37 heavy (non-hydrogen) atoms. The number of benzene rings is 3. The molecule has 0 aliphatic carbocycles. The zero-order chi connectivity index (χ0) is 26.2. The zero-order valence-corrected chi connectivity index (χ0v) is 21.8. The minimum absolute atomic E-state index is 0.174. The molecule has 190 valence electrons. The summed E-state index contributed by atoms with van der Waals surface area (Å²) in [4.78, 5) is 27.1. The second kappa shape index (κ2) is 12.3. The number of carbonyl (C=O) groups is 2. The molecule has 1 saturated heterocycles. The second-order valence-electron chi connectivity index (χ2n) is 8.48. The first kappa shape index (κ1) is 26.1. The van der Waals surface area contributed by atoms with Gasteiger partial charge in [-0.2, -0.15) is 0 Å². The number of amides is 2. The van der Waals surface area contributed by atoms with Gasteiger partial charge in [-0.25, -0.2) is 0 Å². The first-order chi connectivity index (χ1) is 18.0. The number of thioether (sulfide) groups is 1. The summed E-state index contributed by atoms with van der Waals surface area (Å²) < 4.78 is 17.5. The van der Waals surface area contributed by atoms with E-state index in [-0.39, 0.29) is 24.3 Å². The first-order valence-corrected chi connectivity index (χ1v) is 12.7. The summed E-state index contributed by atoms with van der Waals surface area (Å²) in [5.41, 5.74) is 3.73. The van der Waals surface area contributed by atoms with Crippen molar-refractivity contribution in [1.82, 2.24) is 4.90 Å². The first-order valence-electron chi connectivity index (χ1n) is 11.9. The molecule has 0 bridgehead atoms. The number of allylic oxidation sites excluding steroid dienone is 1. The van der Waals surface area contributed by atoms with Gasteiger partial charge in [-0.3, -0.25) is 14.5 Å². The number of carbonyl (C=O) groups excluding carboxylic acids is 2. The summed E-state index contributed by atoms with van der Waals surface area (Å²) in [5, 5.41) is -0.315. The van der Waals surface area contributed by atoms with Crippen molar-refractivity contribution in [2.75, 3.05) is 20.3 Å². The van der Waals surface area contributed by atoms with Crippen molar-refractivity contribution in [1.29, 1.82) is 0 Å². The highest BCUT2D eigenvalue weighted by Crippen LogP contribution is 2.37. The summed E-state index contributed by atoms with van der Waals surface area (Å²) in [6.45, 7) is 6.62. The number of methoxy groups -OCH3 is 1.